The van der Waals surface area contributed by atoms with Gasteiger partial charge in [-0.05, 0) is 67.8 Å². The molecule has 0 bridgehead atoms. The van der Waals surface area contributed by atoms with Crippen LogP contribution in [0.5, 0.6) is 17.2 Å². The number of hydrogen-bond acceptors (Lipinski definition) is 7. The fraction of sp³-hybridized carbons (Fsp3) is 0.219. The van der Waals surface area contributed by atoms with Crippen LogP contribution in [0.3, 0.4) is 0 Å². The maximum absolute atomic E-state index is 13.8. The first-order valence-electron chi connectivity index (χ1n) is 13.0. The largest absolute Gasteiger partial charge is 0.497 e. The average Bonchev–Trinajstić information content (AvgIpc) is 3.26. The first-order valence-corrected chi connectivity index (χ1v) is 13.8. The van der Waals surface area contributed by atoms with Gasteiger partial charge in [-0.1, -0.05) is 59.9 Å². The molecule has 0 fully saturated rings. The van der Waals surface area contributed by atoms with E-state index in [-0.39, 0.29) is 11.3 Å². The molecule has 0 spiro atoms. The van der Waals surface area contributed by atoms with Gasteiger partial charge in [0.25, 0.3) is 5.56 Å². The molecule has 204 valence electrons. The second kappa shape index (κ2) is 11.8. The summed E-state index contributed by atoms with van der Waals surface area (Å²) in [7, 11) is 1.60. The minimum atomic E-state index is -0.574. The highest BCUT2D eigenvalue weighted by Crippen LogP contribution is 2.32. The summed E-state index contributed by atoms with van der Waals surface area (Å²) in [5.74, 6) is 1.81. The van der Waals surface area contributed by atoms with Gasteiger partial charge in [0.05, 0.1) is 24.3 Å². The highest BCUT2D eigenvalue weighted by Gasteiger charge is 2.30. The number of aromatic nitrogens is 1. The van der Waals surface area contributed by atoms with Crippen LogP contribution in [-0.4, -0.2) is 24.1 Å². The number of hydrogen-bond donors (Lipinski definition) is 0. The zero-order valence-corrected chi connectivity index (χ0v) is 23.7. The number of ketones is 1. The molecule has 0 unspecified atom stereocenters. The highest BCUT2D eigenvalue weighted by atomic mass is 32.1. The second-order valence-electron chi connectivity index (χ2n) is 9.32. The molecule has 0 amide bonds. The van der Waals surface area contributed by atoms with Gasteiger partial charge in [-0.15, -0.1) is 0 Å². The van der Waals surface area contributed by atoms with Crippen LogP contribution in [0.1, 0.15) is 43.5 Å². The lowest BCUT2D eigenvalue weighted by Gasteiger charge is -2.24. The molecule has 5 rings (SSSR count). The van der Waals surface area contributed by atoms with Gasteiger partial charge >= 0.3 is 0 Å². The predicted octanol–water partition coefficient (Wildman–Crippen LogP) is 4.81. The van der Waals surface area contributed by atoms with E-state index in [0.717, 1.165) is 16.7 Å². The molecule has 1 atom stereocenters. The quantitative estimate of drug-likeness (QED) is 0.297. The molecule has 0 radical (unpaired) electrons. The summed E-state index contributed by atoms with van der Waals surface area (Å²) in [4.78, 5) is 31.7. The summed E-state index contributed by atoms with van der Waals surface area (Å²) in [6, 6.07) is 22.4. The Balaban J connectivity index is 1.55. The van der Waals surface area contributed by atoms with Crippen LogP contribution in [0.25, 0.3) is 6.08 Å². The molecule has 0 saturated carbocycles. The standard InChI is InChI=1S/C32H30N2O5S/c1-5-38-27-17-23(11-16-26(27)39-19-22-9-7-6-8-10-22)18-28-31(36)34-30(24-12-14-25(37-4)15-13-24)29(21(3)35)20(2)33-32(34)40-28/h6-18,30H,5,19H2,1-4H3/b28-18+/t30-/m0/s1. The van der Waals surface area contributed by atoms with Crippen molar-refractivity contribution in [2.24, 2.45) is 4.99 Å². The van der Waals surface area contributed by atoms with Gasteiger partial charge in [0.1, 0.15) is 12.4 Å². The molecule has 7 nitrogen and oxygen atoms in total. The van der Waals surface area contributed by atoms with Crippen LogP contribution in [0.2, 0.25) is 0 Å². The minimum Gasteiger partial charge on any atom is -0.497 e. The zero-order valence-electron chi connectivity index (χ0n) is 22.8. The topological polar surface area (TPSA) is 79.1 Å². The molecule has 2 heterocycles. The third kappa shape index (κ3) is 5.49. The van der Waals surface area contributed by atoms with Crippen molar-refractivity contribution in [3.63, 3.8) is 0 Å². The van der Waals surface area contributed by atoms with E-state index < -0.39 is 6.04 Å². The van der Waals surface area contributed by atoms with Crippen molar-refractivity contribution < 1.29 is 19.0 Å². The number of carbonyl (C=O) groups is 1. The van der Waals surface area contributed by atoms with Crippen LogP contribution in [0, 0.1) is 0 Å². The van der Waals surface area contributed by atoms with Gasteiger partial charge in [-0.2, -0.15) is 0 Å². The van der Waals surface area contributed by atoms with Crippen LogP contribution in [-0.2, 0) is 11.4 Å². The molecule has 0 saturated heterocycles. The monoisotopic (exact) mass is 554 g/mol. The predicted molar refractivity (Wildman–Crippen MR) is 156 cm³/mol. The summed E-state index contributed by atoms with van der Waals surface area (Å²) < 4.78 is 19.3. The lowest BCUT2D eigenvalue weighted by molar-refractivity contribution is -0.114. The first-order chi connectivity index (χ1) is 19.4. The Labute approximate surface area is 236 Å². The molecule has 0 N–H and O–H groups in total. The number of carbonyl (C=O) groups excluding carboxylic acids is 1. The molecule has 1 aliphatic heterocycles. The number of fused-ring (bicyclic) bond motifs is 1. The molecule has 4 aromatic rings. The Bertz CT molecular complexity index is 1750. The Morgan fingerprint density at radius 3 is 2.45 bits per heavy atom. The van der Waals surface area contributed by atoms with E-state index in [1.54, 1.807) is 11.7 Å². The molecule has 3 aromatic carbocycles. The number of nitrogens with zero attached hydrogens (tertiary/aromatic N) is 2. The Morgan fingerprint density at radius 1 is 1.02 bits per heavy atom. The second-order valence-corrected chi connectivity index (χ2v) is 10.3. The summed E-state index contributed by atoms with van der Waals surface area (Å²) >= 11 is 1.30. The SMILES string of the molecule is CCOc1cc(/C=c2/sc3n(c2=O)[C@@H](c2ccc(OC)cc2)C(C(C)=O)=C(C)N=3)ccc1OCc1ccccc1. The van der Waals surface area contributed by atoms with Gasteiger partial charge in [-0.3, -0.25) is 14.2 Å². The van der Waals surface area contributed by atoms with Crippen LogP contribution in [0.15, 0.2) is 93.9 Å². The van der Waals surface area contributed by atoms with E-state index >= 15 is 0 Å². The van der Waals surface area contributed by atoms with Crippen LogP contribution in [0.4, 0.5) is 0 Å². The maximum atomic E-state index is 13.8. The molecule has 8 heteroatoms. The summed E-state index contributed by atoms with van der Waals surface area (Å²) in [5, 5.41) is 0. The van der Waals surface area contributed by atoms with Gasteiger partial charge < -0.3 is 14.2 Å². The smallest absolute Gasteiger partial charge is 0.271 e. The molecule has 1 aliphatic rings. The number of ether oxygens (including phenoxy) is 3. The molecular formula is C32H30N2O5S. The normalized spacial score (nSPS) is 14.9. The summed E-state index contributed by atoms with van der Waals surface area (Å²) in [6.07, 6.45) is 1.82. The Kier molecular flexibility index (Phi) is 7.98. The average molecular weight is 555 g/mol. The van der Waals surface area contributed by atoms with Gasteiger partial charge in [0.2, 0.25) is 0 Å². The Morgan fingerprint density at radius 2 is 1.77 bits per heavy atom. The fourth-order valence-corrected chi connectivity index (χ4v) is 5.81. The number of thiazole rings is 1. The van der Waals surface area contributed by atoms with Crippen molar-refractivity contribution in [2.45, 2.75) is 33.4 Å². The lowest BCUT2D eigenvalue weighted by atomic mass is 9.93. The van der Waals surface area contributed by atoms with E-state index in [1.165, 1.54) is 18.3 Å². The van der Waals surface area contributed by atoms with Crippen molar-refractivity contribution in [1.29, 1.82) is 0 Å². The molecule has 0 aliphatic carbocycles. The Hall–Kier alpha value is -4.43. The van der Waals surface area contributed by atoms with Gasteiger partial charge in [-0.25, -0.2) is 4.99 Å². The van der Waals surface area contributed by atoms with E-state index in [1.807, 2.05) is 92.7 Å². The molecule has 40 heavy (non-hydrogen) atoms. The van der Waals surface area contributed by atoms with Crippen molar-refractivity contribution in [2.75, 3.05) is 13.7 Å². The first kappa shape index (κ1) is 27.1. The number of Topliss-reactive ketones (excluding diaryl/α,β-unsaturated/α-hetero) is 1. The third-order valence-electron chi connectivity index (χ3n) is 6.64. The summed E-state index contributed by atoms with van der Waals surface area (Å²) in [6.45, 7) is 6.13. The lowest BCUT2D eigenvalue weighted by Crippen LogP contribution is -2.39. The van der Waals surface area contributed by atoms with E-state index in [2.05, 4.69) is 4.99 Å². The van der Waals surface area contributed by atoms with Crippen molar-refractivity contribution >= 4 is 23.2 Å². The van der Waals surface area contributed by atoms with Gasteiger partial charge in [0.15, 0.2) is 22.1 Å². The fourth-order valence-electron chi connectivity index (χ4n) is 4.76. The van der Waals surface area contributed by atoms with E-state index in [4.69, 9.17) is 14.2 Å². The summed E-state index contributed by atoms with van der Waals surface area (Å²) in [5.41, 5.74) is 3.57. The number of rotatable bonds is 9. The van der Waals surface area contributed by atoms with Crippen molar-refractivity contribution in [3.05, 3.63) is 120 Å². The van der Waals surface area contributed by atoms with Gasteiger partial charge in [0, 0.05) is 11.3 Å². The van der Waals surface area contributed by atoms with Crippen LogP contribution >= 0.6 is 11.3 Å². The molecule has 1 aromatic heterocycles. The van der Waals surface area contributed by atoms with Crippen molar-refractivity contribution in [1.82, 2.24) is 4.57 Å². The molecular weight excluding hydrogens is 524 g/mol. The van der Waals surface area contributed by atoms with Crippen molar-refractivity contribution in [3.8, 4) is 17.2 Å². The maximum Gasteiger partial charge on any atom is 0.271 e. The number of benzene rings is 3. The van der Waals surface area contributed by atoms with E-state index in [9.17, 15) is 9.59 Å². The number of methoxy groups -OCH3 is 1. The minimum absolute atomic E-state index is 0.121. The van der Waals surface area contributed by atoms with Crippen LogP contribution < -0.4 is 29.1 Å². The van der Waals surface area contributed by atoms with E-state index in [0.29, 0.717) is 51.1 Å². The third-order valence-corrected chi connectivity index (χ3v) is 7.62. The highest BCUT2D eigenvalue weighted by molar-refractivity contribution is 7.07. The number of allylic oxidation sites excluding steroid dienone is 2. The zero-order chi connectivity index (χ0) is 28.2.